The van der Waals surface area contributed by atoms with Crippen LogP contribution in [0.5, 0.6) is 0 Å². The standard InChI is InChI=1S/C12H25N3O2S/c1-14-5-2-6-15(9-8-14)7-3-12-11-18(16,17)10-4-13-12/h12-13H,2-11H2,1H3. The Kier molecular flexibility index (Phi) is 5.00. The maximum Gasteiger partial charge on any atom is 0.153 e. The van der Waals surface area contributed by atoms with E-state index in [9.17, 15) is 8.42 Å². The lowest BCUT2D eigenvalue weighted by molar-refractivity contribution is 0.262. The summed E-state index contributed by atoms with van der Waals surface area (Å²) >= 11 is 0. The van der Waals surface area contributed by atoms with E-state index in [0.717, 1.165) is 32.6 Å². The third kappa shape index (κ3) is 4.50. The van der Waals surface area contributed by atoms with Gasteiger partial charge in [-0.2, -0.15) is 0 Å². The van der Waals surface area contributed by atoms with Crippen molar-refractivity contribution in [2.75, 3.05) is 57.8 Å². The molecule has 0 radical (unpaired) electrons. The highest BCUT2D eigenvalue weighted by Gasteiger charge is 2.24. The predicted molar refractivity (Wildman–Crippen MR) is 73.6 cm³/mol. The summed E-state index contributed by atoms with van der Waals surface area (Å²) in [4.78, 5) is 4.83. The van der Waals surface area contributed by atoms with E-state index in [4.69, 9.17) is 0 Å². The van der Waals surface area contributed by atoms with Crippen LogP contribution in [0.2, 0.25) is 0 Å². The van der Waals surface area contributed by atoms with Gasteiger partial charge in [-0.1, -0.05) is 0 Å². The first kappa shape index (κ1) is 14.2. The molecular formula is C12H25N3O2S. The van der Waals surface area contributed by atoms with Crippen LogP contribution >= 0.6 is 0 Å². The zero-order valence-electron chi connectivity index (χ0n) is 11.3. The molecule has 0 aromatic heterocycles. The largest absolute Gasteiger partial charge is 0.312 e. The summed E-state index contributed by atoms with van der Waals surface area (Å²) in [6.45, 7) is 6.18. The van der Waals surface area contributed by atoms with Crippen LogP contribution in [0.3, 0.4) is 0 Å². The van der Waals surface area contributed by atoms with Crippen LogP contribution in [0.25, 0.3) is 0 Å². The van der Waals surface area contributed by atoms with Gasteiger partial charge in [0.05, 0.1) is 11.5 Å². The average molecular weight is 275 g/mol. The third-order valence-corrected chi connectivity index (χ3v) is 5.64. The number of hydrogen-bond donors (Lipinski definition) is 1. The fraction of sp³-hybridized carbons (Fsp3) is 1.00. The van der Waals surface area contributed by atoms with Gasteiger partial charge in [-0.15, -0.1) is 0 Å². The highest BCUT2D eigenvalue weighted by molar-refractivity contribution is 7.91. The minimum atomic E-state index is -2.79. The second-order valence-electron chi connectivity index (χ2n) is 5.55. The first-order valence-electron chi connectivity index (χ1n) is 6.90. The van der Waals surface area contributed by atoms with E-state index in [1.807, 2.05) is 0 Å². The average Bonchev–Trinajstić information content (AvgIpc) is 2.50. The monoisotopic (exact) mass is 275 g/mol. The van der Waals surface area contributed by atoms with E-state index < -0.39 is 9.84 Å². The Bertz CT molecular complexity index is 358. The van der Waals surface area contributed by atoms with Crippen LogP contribution < -0.4 is 5.32 Å². The second-order valence-corrected chi connectivity index (χ2v) is 7.78. The van der Waals surface area contributed by atoms with Gasteiger partial charge in [-0.05, 0) is 39.5 Å². The van der Waals surface area contributed by atoms with Crippen molar-refractivity contribution in [2.45, 2.75) is 18.9 Å². The van der Waals surface area contributed by atoms with Gasteiger partial charge in [0.1, 0.15) is 0 Å². The Balaban J connectivity index is 1.74. The molecule has 0 amide bonds. The number of nitrogens with one attached hydrogen (secondary N) is 1. The minimum Gasteiger partial charge on any atom is -0.312 e. The molecule has 0 saturated carbocycles. The fourth-order valence-corrected chi connectivity index (χ4v) is 4.21. The molecule has 0 aliphatic carbocycles. The molecule has 1 unspecified atom stereocenters. The van der Waals surface area contributed by atoms with Crippen molar-refractivity contribution < 1.29 is 8.42 Å². The van der Waals surface area contributed by atoms with Crippen LogP contribution in [-0.4, -0.2) is 82.1 Å². The lowest BCUT2D eigenvalue weighted by Gasteiger charge is -2.27. The molecule has 1 atom stereocenters. The smallest absolute Gasteiger partial charge is 0.153 e. The normalized spacial score (nSPS) is 31.1. The molecule has 0 aromatic rings. The Labute approximate surface area is 110 Å². The van der Waals surface area contributed by atoms with Crippen LogP contribution in [0, 0.1) is 0 Å². The molecule has 2 saturated heterocycles. The second kappa shape index (κ2) is 6.32. The molecule has 1 N–H and O–H groups in total. The topological polar surface area (TPSA) is 52.7 Å². The summed E-state index contributed by atoms with van der Waals surface area (Å²) in [5.41, 5.74) is 0. The van der Waals surface area contributed by atoms with Gasteiger partial charge in [0.15, 0.2) is 9.84 Å². The summed E-state index contributed by atoms with van der Waals surface area (Å²) in [6.07, 6.45) is 2.16. The molecule has 2 aliphatic rings. The summed E-state index contributed by atoms with van der Waals surface area (Å²) < 4.78 is 23.1. The van der Waals surface area contributed by atoms with Crippen LogP contribution in [-0.2, 0) is 9.84 Å². The number of rotatable bonds is 3. The summed E-state index contributed by atoms with van der Waals surface area (Å²) in [5, 5.41) is 3.32. The minimum absolute atomic E-state index is 0.157. The molecule has 106 valence electrons. The molecule has 0 bridgehead atoms. The number of sulfone groups is 1. The quantitative estimate of drug-likeness (QED) is 0.745. The fourth-order valence-electron chi connectivity index (χ4n) is 2.71. The van der Waals surface area contributed by atoms with Gasteiger partial charge >= 0.3 is 0 Å². The van der Waals surface area contributed by atoms with Gasteiger partial charge in [0.25, 0.3) is 0 Å². The summed E-state index contributed by atoms with van der Waals surface area (Å²) in [6, 6.07) is 0.157. The molecule has 2 rings (SSSR count). The molecule has 18 heavy (non-hydrogen) atoms. The van der Waals surface area contributed by atoms with Crippen molar-refractivity contribution in [1.82, 2.24) is 15.1 Å². The van der Waals surface area contributed by atoms with Crippen molar-refractivity contribution in [3.05, 3.63) is 0 Å². The molecule has 0 spiro atoms. The molecule has 2 heterocycles. The van der Waals surface area contributed by atoms with Gasteiger partial charge in [-0.3, -0.25) is 0 Å². The van der Waals surface area contributed by atoms with Gasteiger partial charge in [0.2, 0.25) is 0 Å². The maximum absolute atomic E-state index is 11.5. The van der Waals surface area contributed by atoms with Crippen molar-refractivity contribution in [1.29, 1.82) is 0 Å². The first-order chi connectivity index (χ1) is 8.55. The van der Waals surface area contributed by atoms with Gasteiger partial charge in [-0.25, -0.2) is 8.42 Å². The zero-order valence-corrected chi connectivity index (χ0v) is 12.1. The van der Waals surface area contributed by atoms with E-state index in [2.05, 4.69) is 22.2 Å². The molecular weight excluding hydrogens is 250 g/mol. The van der Waals surface area contributed by atoms with Crippen molar-refractivity contribution >= 4 is 9.84 Å². The lowest BCUT2D eigenvalue weighted by Crippen LogP contribution is -2.46. The van der Waals surface area contributed by atoms with E-state index >= 15 is 0 Å². The molecule has 2 fully saturated rings. The number of hydrogen-bond acceptors (Lipinski definition) is 5. The van der Waals surface area contributed by atoms with Crippen LogP contribution in [0.4, 0.5) is 0 Å². The SMILES string of the molecule is CN1CCCN(CCC2CS(=O)(=O)CCN2)CC1. The van der Waals surface area contributed by atoms with E-state index in [1.54, 1.807) is 0 Å². The molecule has 5 nitrogen and oxygen atoms in total. The number of likely N-dealkylation sites (N-methyl/N-ethyl adjacent to an activating group) is 1. The molecule has 6 heteroatoms. The third-order valence-electron chi connectivity index (χ3n) is 3.91. The van der Waals surface area contributed by atoms with E-state index in [-0.39, 0.29) is 6.04 Å². The highest BCUT2D eigenvalue weighted by atomic mass is 32.2. The Hall–Kier alpha value is -0.170. The lowest BCUT2D eigenvalue weighted by atomic mass is 10.2. The van der Waals surface area contributed by atoms with E-state index in [0.29, 0.717) is 18.1 Å². The van der Waals surface area contributed by atoms with Gasteiger partial charge < -0.3 is 15.1 Å². The Morgan fingerprint density at radius 1 is 1.22 bits per heavy atom. The zero-order chi connectivity index (χ0) is 13.0. The summed E-state index contributed by atoms with van der Waals surface area (Å²) in [5.74, 6) is 0.624. The highest BCUT2D eigenvalue weighted by Crippen LogP contribution is 2.08. The summed E-state index contributed by atoms with van der Waals surface area (Å²) in [7, 11) is -0.625. The van der Waals surface area contributed by atoms with Crippen molar-refractivity contribution in [3.63, 3.8) is 0 Å². The van der Waals surface area contributed by atoms with Crippen LogP contribution in [0.1, 0.15) is 12.8 Å². The van der Waals surface area contributed by atoms with Crippen molar-refractivity contribution in [2.24, 2.45) is 0 Å². The van der Waals surface area contributed by atoms with Crippen LogP contribution in [0.15, 0.2) is 0 Å². The van der Waals surface area contributed by atoms with Gasteiger partial charge in [0, 0.05) is 25.7 Å². The van der Waals surface area contributed by atoms with E-state index in [1.165, 1.54) is 13.0 Å². The molecule has 0 aromatic carbocycles. The molecule has 2 aliphatic heterocycles. The maximum atomic E-state index is 11.5. The first-order valence-corrected chi connectivity index (χ1v) is 8.72. The predicted octanol–water partition coefficient (Wildman–Crippen LogP) is -0.599. The van der Waals surface area contributed by atoms with Crippen molar-refractivity contribution in [3.8, 4) is 0 Å². The number of nitrogens with zero attached hydrogens (tertiary/aromatic N) is 2. The Morgan fingerprint density at radius 2 is 2.06 bits per heavy atom. The Morgan fingerprint density at radius 3 is 2.83 bits per heavy atom.